The van der Waals surface area contributed by atoms with Gasteiger partial charge in [-0.3, -0.25) is 0 Å². The quantitative estimate of drug-likeness (QED) is 0.919. The van der Waals surface area contributed by atoms with Crippen LogP contribution in [0.2, 0.25) is 0 Å². The second-order valence-corrected chi connectivity index (χ2v) is 4.63. The third kappa shape index (κ3) is 3.61. The molecule has 0 amide bonds. The van der Waals surface area contributed by atoms with Gasteiger partial charge in [0.25, 0.3) is 0 Å². The molecule has 1 N–H and O–H groups in total. The predicted molar refractivity (Wildman–Crippen MR) is 69.7 cm³/mol. The van der Waals surface area contributed by atoms with Gasteiger partial charge < -0.3 is 15.0 Å². The van der Waals surface area contributed by atoms with Gasteiger partial charge in [0.15, 0.2) is 0 Å². The minimum absolute atomic E-state index is 0.0907. The Morgan fingerprint density at radius 2 is 2.25 bits per heavy atom. The Morgan fingerprint density at radius 3 is 2.85 bits per heavy atom. The van der Waals surface area contributed by atoms with Gasteiger partial charge in [0, 0.05) is 19.3 Å². The fourth-order valence-corrected chi connectivity index (χ4v) is 2.16. The lowest BCUT2D eigenvalue weighted by molar-refractivity contribution is -0.137. The molecule has 0 aliphatic carbocycles. The van der Waals surface area contributed by atoms with E-state index in [9.17, 15) is 13.2 Å². The van der Waals surface area contributed by atoms with Crippen molar-refractivity contribution >= 4 is 5.82 Å². The Labute approximate surface area is 115 Å². The van der Waals surface area contributed by atoms with Gasteiger partial charge in [-0.15, -0.1) is 0 Å². The van der Waals surface area contributed by atoms with Crippen LogP contribution in [0.4, 0.5) is 19.0 Å². The highest BCUT2D eigenvalue weighted by molar-refractivity contribution is 5.41. The summed E-state index contributed by atoms with van der Waals surface area (Å²) in [5.74, 6) is 0.559. The van der Waals surface area contributed by atoms with Crippen LogP contribution >= 0.6 is 0 Å². The molecule has 0 bridgehead atoms. The third-order valence-electron chi connectivity index (χ3n) is 3.23. The summed E-state index contributed by atoms with van der Waals surface area (Å²) in [5.41, 5.74) is -0.724. The number of morpholine rings is 1. The van der Waals surface area contributed by atoms with Crippen molar-refractivity contribution in [2.24, 2.45) is 0 Å². The second-order valence-electron chi connectivity index (χ2n) is 4.63. The molecule has 2 rings (SSSR count). The number of nitrogens with zero attached hydrogens (tertiary/aromatic N) is 2. The van der Waals surface area contributed by atoms with Crippen LogP contribution in [0.3, 0.4) is 0 Å². The maximum Gasteiger partial charge on any atom is 0.417 e. The van der Waals surface area contributed by atoms with Crippen LogP contribution in [0.15, 0.2) is 18.3 Å². The summed E-state index contributed by atoms with van der Waals surface area (Å²) in [6.45, 7) is 5.31. The number of nitrogens with one attached hydrogen (secondary N) is 1. The Hall–Kier alpha value is -1.34. The van der Waals surface area contributed by atoms with Gasteiger partial charge in [-0.25, -0.2) is 4.98 Å². The van der Waals surface area contributed by atoms with E-state index in [1.54, 1.807) is 0 Å². The Bertz CT molecular complexity index is 422. The number of hydrogen-bond donors (Lipinski definition) is 1. The highest BCUT2D eigenvalue weighted by atomic mass is 19.4. The first-order valence-electron chi connectivity index (χ1n) is 6.60. The summed E-state index contributed by atoms with van der Waals surface area (Å²) in [4.78, 5) is 5.94. The van der Waals surface area contributed by atoms with Crippen LogP contribution in [0, 0.1) is 0 Å². The summed E-state index contributed by atoms with van der Waals surface area (Å²) in [7, 11) is 0. The molecular weight excluding hydrogens is 271 g/mol. The van der Waals surface area contributed by atoms with Crippen molar-refractivity contribution in [2.45, 2.75) is 19.1 Å². The Morgan fingerprint density at radius 1 is 1.45 bits per heavy atom. The predicted octanol–water partition coefficient (Wildman–Crippen LogP) is 1.92. The standard InChI is InChI=1S/C13H18F3N3O/c1-2-17-8-11-9-20-6-5-19(11)12-4-3-10(7-18-12)13(14,15)16/h3-4,7,11,17H,2,5-6,8-9H2,1H3. The average molecular weight is 289 g/mol. The number of aromatic nitrogens is 1. The first-order chi connectivity index (χ1) is 9.52. The van der Waals surface area contributed by atoms with Crippen LogP contribution < -0.4 is 10.2 Å². The van der Waals surface area contributed by atoms with Gasteiger partial charge in [-0.05, 0) is 18.7 Å². The van der Waals surface area contributed by atoms with Crippen LogP contribution in [0.5, 0.6) is 0 Å². The summed E-state index contributed by atoms with van der Waals surface area (Å²) in [6, 6.07) is 2.59. The largest absolute Gasteiger partial charge is 0.417 e. The van der Waals surface area contributed by atoms with E-state index in [2.05, 4.69) is 10.3 Å². The molecule has 0 spiro atoms. The van der Waals surface area contributed by atoms with E-state index in [0.29, 0.717) is 25.6 Å². The monoisotopic (exact) mass is 289 g/mol. The summed E-state index contributed by atoms with van der Waals surface area (Å²) >= 11 is 0. The van der Waals surface area contributed by atoms with E-state index in [1.807, 2.05) is 11.8 Å². The lowest BCUT2D eigenvalue weighted by Gasteiger charge is -2.36. The number of pyridine rings is 1. The lowest BCUT2D eigenvalue weighted by atomic mass is 10.2. The highest BCUT2D eigenvalue weighted by Crippen LogP contribution is 2.29. The number of halogens is 3. The Balaban J connectivity index is 2.11. The zero-order valence-corrected chi connectivity index (χ0v) is 11.3. The number of alkyl halides is 3. The molecule has 1 fully saturated rings. The van der Waals surface area contributed by atoms with Crippen molar-refractivity contribution in [3.8, 4) is 0 Å². The number of ether oxygens (including phenoxy) is 1. The summed E-state index contributed by atoms with van der Waals surface area (Å²) in [5, 5.41) is 3.22. The molecule has 4 nitrogen and oxygen atoms in total. The van der Waals surface area contributed by atoms with E-state index in [1.165, 1.54) is 6.07 Å². The third-order valence-corrected chi connectivity index (χ3v) is 3.23. The fraction of sp³-hybridized carbons (Fsp3) is 0.615. The number of hydrogen-bond acceptors (Lipinski definition) is 4. The lowest BCUT2D eigenvalue weighted by Crippen LogP contribution is -2.50. The number of likely N-dealkylation sites (N-methyl/N-ethyl adjacent to an activating group) is 1. The van der Waals surface area contributed by atoms with E-state index in [4.69, 9.17) is 4.74 Å². The van der Waals surface area contributed by atoms with Gasteiger partial charge in [-0.1, -0.05) is 6.92 Å². The van der Waals surface area contributed by atoms with Crippen LogP contribution in [-0.2, 0) is 10.9 Å². The molecule has 20 heavy (non-hydrogen) atoms. The number of anilines is 1. The van der Waals surface area contributed by atoms with Gasteiger partial charge >= 0.3 is 6.18 Å². The van der Waals surface area contributed by atoms with E-state index < -0.39 is 11.7 Å². The maximum absolute atomic E-state index is 12.5. The Kier molecular flexibility index (Phi) is 4.82. The van der Waals surface area contributed by atoms with Crippen molar-refractivity contribution in [2.75, 3.05) is 37.7 Å². The average Bonchev–Trinajstić information content (AvgIpc) is 2.45. The molecule has 1 unspecified atom stereocenters. The minimum Gasteiger partial charge on any atom is -0.377 e. The first-order valence-corrected chi connectivity index (χ1v) is 6.60. The molecule has 1 saturated heterocycles. The zero-order valence-electron chi connectivity index (χ0n) is 11.3. The summed E-state index contributed by atoms with van der Waals surface area (Å²) in [6.07, 6.45) is -3.46. The van der Waals surface area contributed by atoms with E-state index in [-0.39, 0.29) is 6.04 Å². The van der Waals surface area contributed by atoms with Crippen LogP contribution in [0.1, 0.15) is 12.5 Å². The molecule has 2 heterocycles. The molecular formula is C13H18F3N3O. The zero-order chi connectivity index (χ0) is 14.6. The van der Waals surface area contributed by atoms with E-state index >= 15 is 0 Å². The van der Waals surface area contributed by atoms with Crippen LogP contribution in [0.25, 0.3) is 0 Å². The molecule has 0 aromatic carbocycles. The maximum atomic E-state index is 12.5. The van der Waals surface area contributed by atoms with Crippen molar-refractivity contribution in [1.29, 1.82) is 0 Å². The molecule has 1 aromatic heterocycles. The SMILES string of the molecule is CCNCC1COCCN1c1ccc(C(F)(F)F)cn1. The van der Waals surface area contributed by atoms with Crippen molar-refractivity contribution in [3.05, 3.63) is 23.9 Å². The van der Waals surface area contributed by atoms with Crippen molar-refractivity contribution in [1.82, 2.24) is 10.3 Å². The van der Waals surface area contributed by atoms with Crippen LogP contribution in [-0.4, -0.2) is 43.9 Å². The molecule has 7 heteroatoms. The molecule has 0 radical (unpaired) electrons. The minimum atomic E-state index is -4.35. The van der Waals surface area contributed by atoms with E-state index in [0.717, 1.165) is 25.4 Å². The summed E-state index contributed by atoms with van der Waals surface area (Å²) < 4.78 is 43.0. The second kappa shape index (κ2) is 6.41. The molecule has 1 aromatic rings. The molecule has 1 aliphatic rings. The molecule has 1 aliphatic heterocycles. The molecule has 1 atom stereocenters. The van der Waals surface area contributed by atoms with Gasteiger partial charge in [0.05, 0.1) is 24.8 Å². The normalized spacial score (nSPS) is 20.2. The topological polar surface area (TPSA) is 37.4 Å². The smallest absolute Gasteiger partial charge is 0.377 e. The van der Waals surface area contributed by atoms with Gasteiger partial charge in [-0.2, -0.15) is 13.2 Å². The number of rotatable bonds is 4. The van der Waals surface area contributed by atoms with Gasteiger partial charge in [0.1, 0.15) is 5.82 Å². The molecule has 0 saturated carbocycles. The highest BCUT2D eigenvalue weighted by Gasteiger charge is 2.31. The first kappa shape index (κ1) is 15.1. The van der Waals surface area contributed by atoms with Crippen molar-refractivity contribution < 1.29 is 17.9 Å². The van der Waals surface area contributed by atoms with Crippen molar-refractivity contribution in [3.63, 3.8) is 0 Å². The fourth-order valence-electron chi connectivity index (χ4n) is 2.16. The molecule has 112 valence electrons. The van der Waals surface area contributed by atoms with Gasteiger partial charge in [0.2, 0.25) is 0 Å².